The van der Waals surface area contributed by atoms with Crippen LogP contribution in [0.1, 0.15) is 13.8 Å². The van der Waals surface area contributed by atoms with E-state index in [9.17, 15) is 10.1 Å². The van der Waals surface area contributed by atoms with Crippen molar-refractivity contribution in [3.8, 4) is 0 Å². The molecular weight excluding hydrogens is 226 g/mol. The Morgan fingerprint density at radius 3 is 2.92 bits per heavy atom. The quantitative estimate of drug-likeness (QED) is 0.553. The lowest BCUT2D eigenvalue weighted by molar-refractivity contribution is -0.402. The molecule has 0 spiro atoms. The van der Waals surface area contributed by atoms with Crippen LogP contribution in [-0.2, 0) is 0 Å². The van der Waals surface area contributed by atoms with Crippen LogP contribution in [0.3, 0.4) is 0 Å². The Bertz CT molecular complexity index is 273. The van der Waals surface area contributed by atoms with Gasteiger partial charge < -0.3 is 0 Å². The van der Waals surface area contributed by atoms with Gasteiger partial charge in [0, 0.05) is 5.25 Å². The largest absolute Gasteiger partial charge is 0.259 e. The molecule has 0 atom stereocenters. The van der Waals surface area contributed by atoms with Crippen molar-refractivity contribution in [3.63, 3.8) is 0 Å². The lowest BCUT2D eigenvalue weighted by atomic mass is 10.6. The van der Waals surface area contributed by atoms with Gasteiger partial charge in [0.25, 0.3) is 6.20 Å². The minimum atomic E-state index is -0.411. The van der Waals surface area contributed by atoms with Crippen LogP contribution in [-0.4, -0.2) is 10.2 Å². The van der Waals surface area contributed by atoms with Crippen molar-refractivity contribution in [2.45, 2.75) is 19.1 Å². The zero-order valence-electron chi connectivity index (χ0n) is 7.22. The second-order valence-electron chi connectivity index (χ2n) is 2.56. The Hall–Kier alpha value is -0.0700. The number of nitro groups is 1. The van der Waals surface area contributed by atoms with Crippen molar-refractivity contribution < 1.29 is 4.92 Å². The molecule has 1 aliphatic rings. The Labute approximate surface area is 89.6 Å². The fourth-order valence-electron chi connectivity index (χ4n) is 0.680. The first-order valence-electron chi connectivity index (χ1n) is 3.64. The molecule has 6 heteroatoms. The van der Waals surface area contributed by atoms with Crippen molar-refractivity contribution in [2.75, 3.05) is 0 Å². The zero-order chi connectivity index (χ0) is 9.84. The summed E-state index contributed by atoms with van der Waals surface area (Å²) >= 11 is 4.63. The average molecular weight is 235 g/mol. The van der Waals surface area contributed by atoms with E-state index in [1.165, 1.54) is 23.5 Å². The van der Waals surface area contributed by atoms with Gasteiger partial charge in [-0.3, -0.25) is 10.1 Å². The average Bonchev–Trinajstić information content (AvgIpc) is 2.33. The SMILES string of the molecule is CC(C)SC1=CS/C(=C\[N+](=O)[O-])S1. The van der Waals surface area contributed by atoms with Crippen LogP contribution in [0.2, 0.25) is 0 Å². The summed E-state index contributed by atoms with van der Waals surface area (Å²) in [4.78, 5) is 9.75. The Morgan fingerprint density at radius 1 is 1.69 bits per heavy atom. The number of hydrogen-bond donors (Lipinski definition) is 0. The Morgan fingerprint density at radius 2 is 2.38 bits per heavy atom. The molecule has 0 bridgehead atoms. The summed E-state index contributed by atoms with van der Waals surface area (Å²) in [5.74, 6) is 0. The van der Waals surface area contributed by atoms with Gasteiger partial charge in [-0.05, 0) is 5.41 Å². The fraction of sp³-hybridized carbons (Fsp3) is 0.429. The van der Waals surface area contributed by atoms with Crippen molar-refractivity contribution in [1.82, 2.24) is 0 Å². The van der Waals surface area contributed by atoms with Crippen LogP contribution >= 0.6 is 35.3 Å². The summed E-state index contributed by atoms with van der Waals surface area (Å²) in [6, 6.07) is 0. The van der Waals surface area contributed by atoms with Crippen LogP contribution in [0.4, 0.5) is 0 Å². The monoisotopic (exact) mass is 235 g/mol. The first-order chi connectivity index (χ1) is 6.08. The molecule has 0 amide bonds. The maximum absolute atomic E-state index is 10.2. The molecule has 13 heavy (non-hydrogen) atoms. The summed E-state index contributed by atoms with van der Waals surface area (Å²) in [7, 11) is 0. The number of nitrogens with zero attached hydrogens (tertiary/aromatic N) is 1. The molecule has 0 N–H and O–H groups in total. The van der Waals surface area contributed by atoms with E-state index in [1.807, 2.05) is 5.41 Å². The fourth-order valence-corrected chi connectivity index (χ4v) is 4.35. The lowest BCUT2D eigenvalue weighted by Crippen LogP contribution is -1.84. The van der Waals surface area contributed by atoms with E-state index in [0.717, 1.165) is 14.7 Å². The molecule has 0 aromatic heterocycles. The summed E-state index contributed by atoms with van der Waals surface area (Å²) in [5.41, 5.74) is 0. The predicted molar refractivity (Wildman–Crippen MR) is 61.1 cm³/mol. The first kappa shape index (κ1) is 11.0. The van der Waals surface area contributed by atoms with Gasteiger partial charge in [-0.15, -0.1) is 11.8 Å². The van der Waals surface area contributed by atoms with Gasteiger partial charge in [-0.1, -0.05) is 37.4 Å². The van der Waals surface area contributed by atoms with Crippen molar-refractivity contribution in [2.24, 2.45) is 0 Å². The molecule has 72 valence electrons. The van der Waals surface area contributed by atoms with E-state index in [2.05, 4.69) is 13.8 Å². The van der Waals surface area contributed by atoms with Gasteiger partial charge in [0.15, 0.2) is 0 Å². The summed E-state index contributed by atoms with van der Waals surface area (Å²) in [5, 5.41) is 12.6. The highest BCUT2D eigenvalue weighted by atomic mass is 32.2. The zero-order valence-corrected chi connectivity index (χ0v) is 9.67. The Kier molecular flexibility index (Phi) is 4.21. The van der Waals surface area contributed by atoms with E-state index in [0.29, 0.717) is 5.25 Å². The van der Waals surface area contributed by atoms with Crippen LogP contribution in [0.5, 0.6) is 0 Å². The molecule has 1 heterocycles. The van der Waals surface area contributed by atoms with Gasteiger partial charge in [-0.25, -0.2) is 0 Å². The minimum Gasteiger partial charge on any atom is -0.259 e. The van der Waals surface area contributed by atoms with Gasteiger partial charge in [0.05, 0.1) is 9.16 Å². The minimum absolute atomic E-state index is 0.411. The Balaban J connectivity index is 2.47. The third-order valence-electron chi connectivity index (χ3n) is 1.04. The molecule has 1 aliphatic heterocycles. The molecule has 0 aromatic carbocycles. The lowest BCUT2D eigenvalue weighted by Gasteiger charge is -2.02. The second kappa shape index (κ2) is 4.97. The molecule has 3 nitrogen and oxygen atoms in total. The van der Waals surface area contributed by atoms with E-state index in [4.69, 9.17) is 0 Å². The van der Waals surface area contributed by atoms with Crippen LogP contribution in [0.25, 0.3) is 0 Å². The standard InChI is InChI=1S/C7H9NO2S3/c1-5(2)12-7-4-11-6(13-7)3-8(9)10/h3-5H,1-2H3/b6-3+. The van der Waals surface area contributed by atoms with Crippen LogP contribution in [0.15, 0.2) is 20.1 Å². The molecule has 0 aromatic rings. The van der Waals surface area contributed by atoms with Crippen LogP contribution in [0, 0.1) is 10.1 Å². The molecule has 0 aliphatic carbocycles. The van der Waals surface area contributed by atoms with Crippen molar-refractivity contribution in [1.29, 1.82) is 0 Å². The molecule has 0 saturated carbocycles. The summed E-state index contributed by atoms with van der Waals surface area (Å²) in [6.45, 7) is 4.21. The van der Waals surface area contributed by atoms with Gasteiger partial charge in [0.1, 0.15) is 4.24 Å². The number of rotatable bonds is 3. The first-order valence-corrected chi connectivity index (χ1v) is 6.22. The number of hydrogen-bond acceptors (Lipinski definition) is 5. The van der Waals surface area contributed by atoms with E-state index < -0.39 is 4.92 Å². The predicted octanol–water partition coefficient (Wildman–Crippen LogP) is 3.48. The maximum Gasteiger partial charge on any atom is 0.255 e. The summed E-state index contributed by atoms with van der Waals surface area (Å²) < 4.78 is 1.89. The van der Waals surface area contributed by atoms with Gasteiger partial charge >= 0.3 is 0 Å². The maximum atomic E-state index is 10.2. The third kappa shape index (κ3) is 4.10. The molecule has 0 unspecified atom stereocenters. The van der Waals surface area contributed by atoms with Crippen molar-refractivity contribution >= 4 is 35.3 Å². The second-order valence-corrected chi connectivity index (χ2v) is 6.69. The highest BCUT2D eigenvalue weighted by Crippen LogP contribution is 2.49. The highest BCUT2D eigenvalue weighted by molar-refractivity contribution is 8.35. The van der Waals surface area contributed by atoms with E-state index >= 15 is 0 Å². The molecular formula is C7H9NO2S3. The van der Waals surface area contributed by atoms with Crippen molar-refractivity contribution in [3.05, 3.63) is 30.2 Å². The summed E-state index contributed by atoms with van der Waals surface area (Å²) in [6.07, 6.45) is 1.06. The molecule has 0 saturated heterocycles. The van der Waals surface area contributed by atoms with Gasteiger partial charge in [-0.2, -0.15) is 0 Å². The molecule has 0 fully saturated rings. The van der Waals surface area contributed by atoms with E-state index in [-0.39, 0.29) is 0 Å². The molecule has 1 rings (SSSR count). The number of thioether (sulfide) groups is 3. The smallest absolute Gasteiger partial charge is 0.255 e. The van der Waals surface area contributed by atoms with E-state index in [1.54, 1.807) is 11.8 Å². The molecule has 0 radical (unpaired) electrons. The third-order valence-corrected chi connectivity index (χ3v) is 4.55. The highest BCUT2D eigenvalue weighted by Gasteiger charge is 2.16. The normalized spacial score (nSPS) is 19.6. The van der Waals surface area contributed by atoms with Crippen LogP contribution < -0.4 is 0 Å². The topological polar surface area (TPSA) is 43.1 Å². The van der Waals surface area contributed by atoms with Gasteiger partial charge in [0.2, 0.25) is 0 Å².